The third-order valence-electron chi connectivity index (χ3n) is 6.35. The van der Waals surface area contributed by atoms with Crippen LogP contribution in [0.5, 0.6) is 0 Å². The Kier molecular flexibility index (Phi) is 8.76. The van der Waals surface area contributed by atoms with Crippen molar-refractivity contribution in [1.29, 1.82) is 5.26 Å². The predicted molar refractivity (Wildman–Crippen MR) is 140 cm³/mol. The van der Waals surface area contributed by atoms with E-state index in [2.05, 4.69) is 16.5 Å². The van der Waals surface area contributed by atoms with Gasteiger partial charge in [-0.3, -0.25) is 14.5 Å². The maximum Gasteiger partial charge on any atom is 0.251 e. The van der Waals surface area contributed by atoms with Crippen LogP contribution < -0.4 is 11.1 Å². The van der Waals surface area contributed by atoms with E-state index in [0.717, 1.165) is 22.3 Å². The zero-order chi connectivity index (χ0) is 26.2. The number of anilines is 1. The summed E-state index contributed by atoms with van der Waals surface area (Å²) in [6, 6.07) is 15.7. The second-order valence-corrected chi connectivity index (χ2v) is 8.51. The summed E-state index contributed by atoms with van der Waals surface area (Å²) < 4.78 is 0. The number of allylic oxidation sites excluding steroid dienone is 1. The van der Waals surface area contributed by atoms with E-state index in [1.807, 2.05) is 49.4 Å². The minimum Gasteiger partial charge on any atom is -0.411 e. The van der Waals surface area contributed by atoms with Crippen molar-refractivity contribution in [2.75, 3.05) is 11.9 Å². The van der Waals surface area contributed by atoms with Crippen molar-refractivity contribution in [2.24, 2.45) is 10.9 Å². The van der Waals surface area contributed by atoms with Gasteiger partial charge in [0.25, 0.3) is 5.91 Å². The van der Waals surface area contributed by atoms with Crippen molar-refractivity contribution in [2.45, 2.75) is 45.7 Å². The zero-order valence-electron chi connectivity index (χ0n) is 20.7. The molecule has 1 aliphatic rings. The summed E-state index contributed by atoms with van der Waals surface area (Å²) >= 11 is 0. The van der Waals surface area contributed by atoms with Crippen LogP contribution in [0.4, 0.5) is 5.69 Å². The van der Waals surface area contributed by atoms with Gasteiger partial charge in [0, 0.05) is 25.1 Å². The maximum atomic E-state index is 13.5. The Morgan fingerprint density at radius 2 is 1.86 bits per heavy atom. The van der Waals surface area contributed by atoms with Gasteiger partial charge in [0.2, 0.25) is 5.91 Å². The fourth-order valence-electron chi connectivity index (χ4n) is 4.20. The van der Waals surface area contributed by atoms with Crippen LogP contribution in [-0.4, -0.2) is 46.3 Å². The lowest BCUT2D eigenvalue weighted by molar-refractivity contribution is -0.144. The number of oxime groups is 1. The smallest absolute Gasteiger partial charge is 0.251 e. The average molecular weight is 486 g/mol. The molecule has 0 fully saturated rings. The molecule has 36 heavy (non-hydrogen) atoms. The Hall–Kier alpha value is -4.22. The first-order valence-corrected chi connectivity index (χ1v) is 11.9. The van der Waals surface area contributed by atoms with Crippen LogP contribution in [-0.2, 0) is 9.59 Å². The molecule has 0 heterocycles. The lowest BCUT2D eigenvalue weighted by Gasteiger charge is -2.28. The van der Waals surface area contributed by atoms with Gasteiger partial charge in [-0.15, -0.1) is 0 Å². The largest absolute Gasteiger partial charge is 0.411 e. The van der Waals surface area contributed by atoms with E-state index >= 15 is 0 Å². The second-order valence-electron chi connectivity index (χ2n) is 8.51. The third kappa shape index (κ3) is 5.70. The topological polar surface area (TPSA) is 132 Å². The highest BCUT2D eigenvalue weighted by Crippen LogP contribution is 2.27. The summed E-state index contributed by atoms with van der Waals surface area (Å²) in [5.74, 6) is -0.568. The van der Waals surface area contributed by atoms with Crippen molar-refractivity contribution in [1.82, 2.24) is 4.90 Å². The van der Waals surface area contributed by atoms with Crippen LogP contribution in [0.3, 0.4) is 0 Å². The summed E-state index contributed by atoms with van der Waals surface area (Å²) in [6.07, 6.45) is 3.93. The Balaban J connectivity index is 1.92. The molecule has 2 aromatic carbocycles. The van der Waals surface area contributed by atoms with Crippen LogP contribution >= 0.6 is 0 Å². The standard InChI is InChI=1S/C28H31N5O3/c1-4-26(34)33(5-2)28(35)25(16-20-12-15-24(32-36)27(30)18(20)3)31-22-13-10-19(11-14-22)23-9-7-6-8-21(23)17-29/h6-15,25,27,31,36H,4-5,16,30H2,1-3H3/t25-,27?/m0/s1. The number of rotatable bonds is 8. The molecule has 0 aliphatic heterocycles. The van der Waals surface area contributed by atoms with Gasteiger partial charge in [-0.1, -0.05) is 48.5 Å². The molecule has 1 unspecified atom stereocenters. The first kappa shape index (κ1) is 26.4. The molecular weight excluding hydrogens is 454 g/mol. The van der Waals surface area contributed by atoms with Crippen molar-refractivity contribution >= 4 is 23.2 Å². The highest BCUT2D eigenvalue weighted by Gasteiger charge is 2.29. The van der Waals surface area contributed by atoms with Crippen molar-refractivity contribution in [3.8, 4) is 17.2 Å². The van der Waals surface area contributed by atoms with E-state index in [4.69, 9.17) is 10.9 Å². The van der Waals surface area contributed by atoms with Gasteiger partial charge in [0.05, 0.1) is 17.7 Å². The zero-order valence-corrected chi connectivity index (χ0v) is 20.7. The molecule has 0 bridgehead atoms. The first-order valence-electron chi connectivity index (χ1n) is 11.9. The number of amides is 2. The quantitative estimate of drug-likeness (QED) is 0.379. The number of hydrogen-bond donors (Lipinski definition) is 3. The van der Waals surface area contributed by atoms with E-state index in [9.17, 15) is 14.9 Å². The van der Waals surface area contributed by atoms with Gasteiger partial charge < -0.3 is 16.3 Å². The summed E-state index contributed by atoms with van der Waals surface area (Å²) in [5, 5.41) is 25.1. The van der Waals surface area contributed by atoms with Gasteiger partial charge in [0.15, 0.2) is 0 Å². The molecule has 2 amide bonds. The minimum atomic E-state index is -0.730. The number of nitrogens with one attached hydrogen (secondary N) is 1. The van der Waals surface area contributed by atoms with Crippen molar-refractivity contribution < 1.29 is 14.8 Å². The lowest BCUT2D eigenvalue weighted by atomic mass is 9.89. The number of benzene rings is 2. The average Bonchev–Trinajstić information content (AvgIpc) is 2.91. The molecule has 4 N–H and O–H groups in total. The number of imide groups is 1. The summed E-state index contributed by atoms with van der Waals surface area (Å²) in [6.45, 7) is 5.60. The molecule has 0 saturated heterocycles. The van der Waals surface area contributed by atoms with E-state index in [1.165, 1.54) is 4.90 Å². The molecule has 3 rings (SSSR count). The Morgan fingerprint density at radius 3 is 2.47 bits per heavy atom. The molecule has 2 atom stereocenters. The molecule has 186 valence electrons. The Bertz CT molecular complexity index is 1250. The van der Waals surface area contributed by atoms with E-state index in [0.29, 0.717) is 23.4 Å². The number of nitriles is 1. The second kappa shape index (κ2) is 12.0. The van der Waals surface area contributed by atoms with Gasteiger partial charge in [0.1, 0.15) is 11.8 Å². The first-order chi connectivity index (χ1) is 17.3. The van der Waals surface area contributed by atoms with Crippen LogP contribution in [0.15, 0.2) is 77.0 Å². The fourth-order valence-corrected chi connectivity index (χ4v) is 4.20. The summed E-state index contributed by atoms with van der Waals surface area (Å²) in [4.78, 5) is 27.2. The van der Waals surface area contributed by atoms with Gasteiger partial charge in [-0.05, 0) is 60.4 Å². The Morgan fingerprint density at radius 1 is 1.17 bits per heavy atom. The van der Waals surface area contributed by atoms with Gasteiger partial charge in [-0.25, -0.2) is 0 Å². The highest BCUT2D eigenvalue weighted by atomic mass is 16.4. The monoisotopic (exact) mass is 485 g/mol. The molecule has 8 heteroatoms. The highest BCUT2D eigenvalue weighted by molar-refractivity contribution is 6.03. The number of nitrogens with zero attached hydrogens (tertiary/aromatic N) is 3. The molecule has 0 aromatic heterocycles. The van der Waals surface area contributed by atoms with Crippen LogP contribution in [0, 0.1) is 11.3 Å². The maximum absolute atomic E-state index is 13.5. The molecule has 1 aliphatic carbocycles. The van der Waals surface area contributed by atoms with Gasteiger partial charge in [-0.2, -0.15) is 5.26 Å². The number of likely N-dealkylation sites (N-methyl/N-ethyl adjacent to an activating group) is 1. The molecule has 8 nitrogen and oxygen atoms in total. The molecule has 0 spiro atoms. The number of carbonyl (C=O) groups excluding carboxylic acids is 2. The summed E-state index contributed by atoms with van der Waals surface area (Å²) in [5.41, 5.74) is 11.1. The molecule has 0 radical (unpaired) electrons. The van der Waals surface area contributed by atoms with Crippen molar-refractivity contribution in [3.05, 3.63) is 77.4 Å². The molecular formula is C28H31N5O3. The van der Waals surface area contributed by atoms with Crippen LogP contribution in [0.2, 0.25) is 0 Å². The van der Waals surface area contributed by atoms with Gasteiger partial charge >= 0.3 is 0 Å². The van der Waals surface area contributed by atoms with Crippen molar-refractivity contribution in [3.63, 3.8) is 0 Å². The van der Waals surface area contributed by atoms with E-state index < -0.39 is 12.1 Å². The lowest BCUT2D eigenvalue weighted by Crippen LogP contribution is -2.46. The molecule has 2 aromatic rings. The molecule has 0 saturated carbocycles. The van der Waals surface area contributed by atoms with Crippen LogP contribution in [0.25, 0.3) is 11.1 Å². The number of nitrogens with two attached hydrogens (primary N) is 1. The summed E-state index contributed by atoms with van der Waals surface area (Å²) in [7, 11) is 0. The number of carbonyl (C=O) groups is 2. The normalized spacial score (nSPS) is 17.0. The minimum absolute atomic E-state index is 0.224. The Labute approximate surface area is 211 Å². The third-order valence-corrected chi connectivity index (χ3v) is 6.35. The number of hydrogen-bond acceptors (Lipinski definition) is 7. The fraction of sp³-hybridized carbons (Fsp3) is 0.286. The van der Waals surface area contributed by atoms with E-state index in [1.54, 1.807) is 32.1 Å². The SMILES string of the molecule is CCC(=O)N(CC)C(=O)[C@H](CC1=C(C)C(N)C(=NO)C=C1)Nc1ccc(-c2ccccc2C#N)cc1. The predicted octanol–water partition coefficient (Wildman–Crippen LogP) is 4.22. The van der Waals surface area contributed by atoms with E-state index in [-0.39, 0.29) is 24.8 Å². The van der Waals surface area contributed by atoms with Crippen LogP contribution in [0.1, 0.15) is 39.2 Å².